The second-order valence-corrected chi connectivity index (χ2v) is 3.89. The number of unbranched alkanes of at least 4 members (excludes halogenated alkanes) is 2. The van der Waals surface area contributed by atoms with Gasteiger partial charge in [0.2, 0.25) is 0 Å². The Kier molecular flexibility index (Phi) is 6.15. The van der Waals surface area contributed by atoms with Gasteiger partial charge in [0.25, 0.3) is 5.91 Å². The summed E-state index contributed by atoms with van der Waals surface area (Å²) in [6, 6.07) is 7.34. The molecule has 0 saturated carbocycles. The molecule has 0 aliphatic carbocycles. The topological polar surface area (TPSA) is 38.3 Å². The molecule has 0 saturated heterocycles. The average Bonchev–Trinajstić information content (AvgIpc) is 2.35. The van der Waals surface area contributed by atoms with E-state index in [4.69, 9.17) is 4.74 Å². The normalized spacial score (nSPS) is 10.0. The van der Waals surface area contributed by atoms with Crippen LogP contribution in [0.3, 0.4) is 0 Å². The summed E-state index contributed by atoms with van der Waals surface area (Å²) in [5, 5.41) is 2.91. The molecule has 0 heterocycles. The Morgan fingerprint density at radius 1 is 1.24 bits per heavy atom. The van der Waals surface area contributed by atoms with Gasteiger partial charge in [-0.2, -0.15) is 0 Å². The van der Waals surface area contributed by atoms with E-state index in [-0.39, 0.29) is 5.91 Å². The smallest absolute Gasteiger partial charge is 0.255 e. The van der Waals surface area contributed by atoms with Crippen molar-refractivity contribution in [2.45, 2.75) is 33.1 Å². The van der Waals surface area contributed by atoms with Crippen molar-refractivity contribution in [1.29, 1.82) is 0 Å². The third-order valence-corrected chi connectivity index (χ3v) is 2.50. The quantitative estimate of drug-likeness (QED) is 0.738. The van der Waals surface area contributed by atoms with Gasteiger partial charge in [-0.05, 0) is 25.5 Å². The van der Waals surface area contributed by atoms with E-state index in [9.17, 15) is 4.79 Å². The molecule has 1 rings (SSSR count). The first kappa shape index (κ1) is 13.6. The molecule has 0 atom stereocenters. The Hall–Kier alpha value is -1.51. The second kappa shape index (κ2) is 7.71. The van der Waals surface area contributed by atoms with E-state index in [0.29, 0.717) is 17.9 Å². The van der Waals surface area contributed by atoms with Crippen LogP contribution in [0.1, 0.15) is 43.5 Å². The van der Waals surface area contributed by atoms with Gasteiger partial charge in [-0.25, -0.2) is 0 Å². The van der Waals surface area contributed by atoms with Crippen molar-refractivity contribution in [1.82, 2.24) is 5.32 Å². The maximum Gasteiger partial charge on any atom is 0.255 e. The second-order valence-electron chi connectivity index (χ2n) is 3.89. The summed E-state index contributed by atoms with van der Waals surface area (Å²) in [4.78, 5) is 11.9. The third kappa shape index (κ3) is 4.47. The van der Waals surface area contributed by atoms with Crippen molar-refractivity contribution in [3.63, 3.8) is 0 Å². The van der Waals surface area contributed by atoms with E-state index in [0.717, 1.165) is 25.8 Å². The van der Waals surface area contributed by atoms with Gasteiger partial charge in [0.1, 0.15) is 5.75 Å². The van der Waals surface area contributed by atoms with Gasteiger partial charge in [-0.3, -0.25) is 4.79 Å². The molecular weight excluding hydrogens is 214 g/mol. The van der Waals surface area contributed by atoms with Gasteiger partial charge in [-0.15, -0.1) is 0 Å². The summed E-state index contributed by atoms with van der Waals surface area (Å²) < 4.78 is 5.42. The molecule has 3 nitrogen and oxygen atoms in total. The molecule has 1 aromatic rings. The fourth-order valence-corrected chi connectivity index (χ4v) is 1.61. The van der Waals surface area contributed by atoms with Gasteiger partial charge in [0.05, 0.1) is 12.2 Å². The van der Waals surface area contributed by atoms with Crippen LogP contribution in [0, 0.1) is 0 Å². The lowest BCUT2D eigenvalue weighted by atomic mass is 10.2. The molecular formula is C14H21NO2. The fraction of sp³-hybridized carbons (Fsp3) is 0.500. The molecule has 1 N–H and O–H groups in total. The van der Waals surface area contributed by atoms with Gasteiger partial charge < -0.3 is 10.1 Å². The highest BCUT2D eigenvalue weighted by Gasteiger charge is 2.10. The molecule has 94 valence electrons. The third-order valence-electron chi connectivity index (χ3n) is 2.50. The monoisotopic (exact) mass is 235 g/mol. The molecule has 17 heavy (non-hydrogen) atoms. The van der Waals surface area contributed by atoms with E-state index >= 15 is 0 Å². The van der Waals surface area contributed by atoms with Crippen LogP contribution in [-0.2, 0) is 0 Å². The maximum atomic E-state index is 11.9. The van der Waals surface area contributed by atoms with E-state index in [2.05, 4.69) is 12.2 Å². The van der Waals surface area contributed by atoms with Crippen LogP contribution < -0.4 is 10.1 Å². The number of carbonyl (C=O) groups excluding carboxylic acids is 1. The molecule has 0 unspecified atom stereocenters. The summed E-state index contributed by atoms with van der Waals surface area (Å²) in [5.41, 5.74) is 0.617. The fourth-order valence-electron chi connectivity index (χ4n) is 1.61. The number of rotatable bonds is 7. The number of ether oxygens (including phenoxy) is 1. The number of para-hydroxylation sites is 1. The Labute approximate surface area is 103 Å². The molecule has 0 fully saturated rings. The molecule has 0 aliphatic rings. The van der Waals surface area contributed by atoms with Crippen LogP contribution in [-0.4, -0.2) is 19.1 Å². The highest BCUT2D eigenvalue weighted by atomic mass is 16.5. The van der Waals surface area contributed by atoms with Crippen LogP contribution in [0.25, 0.3) is 0 Å². The molecule has 1 aromatic carbocycles. The van der Waals surface area contributed by atoms with Gasteiger partial charge in [-0.1, -0.05) is 31.9 Å². The van der Waals surface area contributed by atoms with Crippen molar-refractivity contribution in [2.75, 3.05) is 13.2 Å². The van der Waals surface area contributed by atoms with E-state index in [1.54, 1.807) is 6.07 Å². The molecule has 3 heteroatoms. The number of hydrogen-bond acceptors (Lipinski definition) is 2. The molecule has 1 amide bonds. The van der Waals surface area contributed by atoms with Crippen molar-refractivity contribution >= 4 is 5.91 Å². The predicted molar refractivity (Wildman–Crippen MR) is 69.5 cm³/mol. The summed E-state index contributed by atoms with van der Waals surface area (Å²) in [7, 11) is 0. The lowest BCUT2D eigenvalue weighted by Gasteiger charge is -2.10. The first-order valence-corrected chi connectivity index (χ1v) is 6.29. The summed E-state index contributed by atoms with van der Waals surface area (Å²) in [5.74, 6) is 0.605. The van der Waals surface area contributed by atoms with E-state index in [1.807, 2.05) is 25.1 Å². The van der Waals surface area contributed by atoms with Crippen LogP contribution >= 0.6 is 0 Å². The SMILES string of the molecule is CCCCCNC(=O)c1ccccc1OCC. The zero-order chi connectivity index (χ0) is 12.5. The zero-order valence-corrected chi connectivity index (χ0v) is 10.7. The summed E-state index contributed by atoms with van der Waals surface area (Å²) in [6.45, 7) is 5.36. The number of amides is 1. The Bertz CT molecular complexity index is 350. The minimum atomic E-state index is -0.0508. The maximum absolute atomic E-state index is 11.9. The van der Waals surface area contributed by atoms with Crippen molar-refractivity contribution < 1.29 is 9.53 Å². The molecule has 0 spiro atoms. The van der Waals surface area contributed by atoms with Gasteiger partial charge in [0.15, 0.2) is 0 Å². The van der Waals surface area contributed by atoms with Crippen molar-refractivity contribution in [3.05, 3.63) is 29.8 Å². The minimum Gasteiger partial charge on any atom is -0.493 e. The van der Waals surface area contributed by atoms with Crippen LogP contribution in [0.5, 0.6) is 5.75 Å². The first-order chi connectivity index (χ1) is 8.29. The van der Waals surface area contributed by atoms with Crippen LogP contribution in [0.2, 0.25) is 0 Å². The van der Waals surface area contributed by atoms with E-state index in [1.165, 1.54) is 0 Å². The van der Waals surface area contributed by atoms with Crippen LogP contribution in [0.4, 0.5) is 0 Å². The number of benzene rings is 1. The highest BCUT2D eigenvalue weighted by Crippen LogP contribution is 2.17. The first-order valence-electron chi connectivity index (χ1n) is 6.29. The molecule has 0 radical (unpaired) electrons. The minimum absolute atomic E-state index is 0.0508. The summed E-state index contributed by atoms with van der Waals surface area (Å²) >= 11 is 0. The molecule has 0 aliphatic heterocycles. The van der Waals surface area contributed by atoms with Crippen molar-refractivity contribution in [3.8, 4) is 5.75 Å². The Morgan fingerprint density at radius 2 is 2.00 bits per heavy atom. The molecule has 0 bridgehead atoms. The summed E-state index contributed by atoms with van der Waals surface area (Å²) in [6.07, 6.45) is 3.33. The largest absolute Gasteiger partial charge is 0.493 e. The zero-order valence-electron chi connectivity index (χ0n) is 10.7. The number of hydrogen-bond donors (Lipinski definition) is 1. The van der Waals surface area contributed by atoms with Crippen molar-refractivity contribution in [2.24, 2.45) is 0 Å². The highest BCUT2D eigenvalue weighted by molar-refractivity contribution is 5.96. The Balaban J connectivity index is 2.55. The number of carbonyl (C=O) groups is 1. The average molecular weight is 235 g/mol. The number of nitrogens with one attached hydrogen (secondary N) is 1. The predicted octanol–water partition coefficient (Wildman–Crippen LogP) is 3.01. The van der Waals surface area contributed by atoms with Gasteiger partial charge >= 0.3 is 0 Å². The lowest BCUT2D eigenvalue weighted by molar-refractivity contribution is 0.0949. The molecule has 0 aromatic heterocycles. The standard InChI is InChI=1S/C14H21NO2/c1-3-5-8-11-15-14(16)12-9-6-7-10-13(12)17-4-2/h6-7,9-10H,3-5,8,11H2,1-2H3,(H,15,16). The van der Waals surface area contributed by atoms with E-state index < -0.39 is 0 Å². The van der Waals surface area contributed by atoms with Gasteiger partial charge in [0, 0.05) is 6.54 Å². The van der Waals surface area contributed by atoms with Crippen LogP contribution in [0.15, 0.2) is 24.3 Å². The Morgan fingerprint density at radius 3 is 2.71 bits per heavy atom. The lowest BCUT2D eigenvalue weighted by Crippen LogP contribution is -2.25.